The zero-order valence-corrected chi connectivity index (χ0v) is 21.3. The fourth-order valence-corrected chi connectivity index (χ4v) is 4.91. The van der Waals surface area contributed by atoms with Crippen molar-refractivity contribution in [2.24, 2.45) is 0 Å². The van der Waals surface area contributed by atoms with Crippen LogP contribution in [0.15, 0.2) is 81.7 Å². The van der Waals surface area contributed by atoms with Gasteiger partial charge in [-0.3, -0.25) is 10.1 Å². The molecule has 0 aliphatic heterocycles. The number of benzene rings is 4. The summed E-state index contributed by atoms with van der Waals surface area (Å²) in [5, 5.41) is 7.91. The largest absolute Gasteiger partial charge is 0.495 e. The van der Waals surface area contributed by atoms with Crippen LogP contribution in [0.3, 0.4) is 0 Å². The molecule has 4 aromatic carbocycles. The van der Waals surface area contributed by atoms with Gasteiger partial charge in [0.05, 0.1) is 17.1 Å². The first kappa shape index (κ1) is 23.0. The van der Waals surface area contributed by atoms with E-state index in [-0.39, 0.29) is 11.0 Å². The minimum absolute atomic E-state index is 0.166. The molecule has 0 bridgehead atoms. The van der Waals surface area contributed by atoms with E-state index in [4.69, 9.17) is 21.4 Å². The molecule has 35 heavy (non-hydrogen) atoms. The van der Waals surface area contributed by atoms with Crippen LogP contribution in [0.4, 0.5) is 5.69 Å². The number of thiocarbonyl (C=S) groups is 1. The van der Waals surface area contributed by atoms with Gasteiger partial charge in [0.2, 0.25) is 5.89 Å². The molecule has 0 aliphatic carbocycles. The number of ether oxygens (including phenoxy) is 1. The Bertz CT molecular complexity index is 1580. The molecule has 1 heterocycles. The fraction of sp³-hybridized carbons (Fsp3) is 0.0741. The maximum atomic E-state index is 13.1. The number of methoxy groups -OCH3 is 1. The number of halogens is 1. The minimum atomic E-state index is -0.376. The second kappa shape index (κ2) is 9.48. The third-order valence-corrected chi connectivity index (χ3v) is 6.71. The zero-order chi connectivity index (χ0) is 24.5. The van der Waals surface area contributed by atoms with Crippen LogP contribution in [0.2, 0.25) is 0 Å². The molecule has 0 spiro atoms. The molecule has 0 saturated carbocycles. The molecule has 0 saturated heterocycles. The van der Waals surface area contributed by atoms with Crippen molar-refractivity contribution in [1.29, 1.82) is 0 Å². The van der Waals surface area contributed by atoms with Crippen LogP contribution in [0.25, 0.3) is 33.3 Å². The summed E-state index contributed by atoms with van der Waals surface area (Å²) in [6, 6.07) is 22.9. The van der Waals surface area contributed by atoms with E-state index in [0.717, 1.165) is 38.7 Å². The van der Waals surface area contributed by atoms with Crippen LogP contribution >= 0.6 is 28.1 Å². The normalized spacial score (nSPS) is 10.9. The summed E-state index contributed by atoms with van der Waals surface area (Å²) in [5.74, 6) is 0.588. The fourth-order valence-electron chi connectivity index (χ4n) is 3.97. The van der Waals surface area contributed by atoms with Gasteiger partial charge in [-0.15, -0.1) is 0 Å². The lowest BCUT2D eigenvalue weighted by Gasteiger charge is -2.16. The van der Waals surface area contributed by atoms with Crippen molar-refractivity contribution < 1.29 is 13.9 Å². The second-order valence-corrected chi connectivity index (χ2v) is 9.07. The number of carbonyl (C=O) groups excluding carboxylic acids is 1. The van der Waals surface area contributed by atoms with Gasteiger partial charge in [-0.1, -0.05) is 42.5 Å². The molecular formula is C27H20BrN3O3S. The Morgan fingerprint density at radius 1 is 1.06 bits per heavy atom. The number of rotatable bonds is 4. The molecule has 174 valence electrons. The van der Waals surface area contributed by atoms with E-state index < -0.39 is 0 Å². The third kappa shape index (κ3) is 4.38. The van der Waals surface area contributed by atoms with Crippen LogP contribution in [-0.4, -0.2) is 23.1 Å². The van der Waals surface area contributed by atoms with Gasteiger partial charge in [0, 0.05) is 11.3 Å². The summed E-state index contributed by atoms with van der Waals surface area (Å²) in [5.41, 5.74) is 4.35. The van der Waals surface area contributed by atoms with Crippen LogP contribution in [0.5, 0.6) is 5.75 Å². The molecule has 8 heteroatoms. The first-order valence-corrected chi connectivity index (χ1v) is 12.0. The molecule has 5 aromatic rings. The van der Waals surface area contributed by atoms with Crippen molar-refractivity contribution in [3.8, 4) is 17.2 Å². The van der Waals surface area contributed by atoms with Crippen molar-refractivity contribution in [2.75, 3.05) is 12.4 Å². The highest BCUT2D eigenvalue weighted by molar-refractivity contribution is 9.10. The summed E-state index contributed by atoms with van der Waals surface area (Å²) in [6.07, 6.45) is 0. The van der Waals surface area contributed by atoms with Gasteiger partial charge in [-0.05, 0) is 81.7 Å². The van der Waals surface area contributed by atoms with Crippen molar-refractivity contribution in [1.82, 2.24) is 10.3 Å². The van der Waals surface area contributed by atoms with Gasteiger partial charge in [0.15, 0.2) is 10.7 Å². The first-order valence-electron chi connectivity index (χ1n) is 10.8. The van der Waals surface area contributed by atoms with Gasteiger partial charge in [0.25, 0.3) is 5.91 Å². The Morgan fingerprint density at radius 3 is 2.63 bits per heavy atom. The molecule has 2 N–H and O–H groups in total. The lowest BCUT2D eigenvalue weighted by atomic mass is 10.1. The van der Waals surface area contributed by atoms with Gasteiger partial charge in [-0.25, -0.2) is 4.98 Å². The van der Waals surface area contributed by atoms with E-state index in [2.05, 4.69) is 31.5 Å². The molecule has 0 unspecified atom stereocenters. The third-order valence-electron chi connectivity index (χ3n) is 5.72. The van der Waals surface area contributed by atoms with Crippen LogP contribution in [-0.2, 0) is 0 Å². The number of oxazole rings is 1. The van der Waals surface area contributed by atoms with Gasteiger partial charge in [0.1, 0.15) is 11.3 Å². The van der Waals surface area contributed by atoms with Gasteiger partial charge in [-0.2, -0.15) is 0 Å². The number of aromatic nitrogens is 1. The van der Waals surface area contributed by atoms with Crippen molar-refractivity contribution in [3.05, 3.63) is 88.4 Å². The highest BCUT2D eigenvalue weighted by atomic mass is 79.9. The van der Waals surface area contributed by atoms with Gasteiger partial charge >= 0.3 is 0 Å². The van der Waals surface area contributed by atoms with Crippen LogP contribution < -0.4 is 15.4 Å². The van der Waals surface area contributed by atoms with Crippen molar-refractivity contribution in [3.63, 3.8) is 0 Å². The Labute approximate surface area is 215 Å². The molecule has 0 aliphatic rings. The quantitative estimate of drug-likeness (QED) is 0.240. The molecule has 0 atom stereocenters. The van der Waals surface area contributed by atoms with E-state index in [0.29, 0.717) is 21.7 Å². The smallest absolute Gasteiger partial charge is 0.261 e. The maximum Gasteiger partial charge on any atom is 0.261 e. The summed E-state index contributed by atoms with van der Waals surface area (Å²) in [6.45, 7) is 1.94. The average Bonchev–Trinajstić information content (AvgIpc) is 3.29. The average molecular weight is 546 g/mol. The summed E-state index contributed by atoms with van der Waals surface area (Å²) in [7, 11) is 1.53. The van der Waals surface area contributed by atoms with Crippen molar-refractivity contribution in [2.45, 2.75) is 6.92 Å². The van der Waals surface area contributed by atoms with E-state index in [1.54, 1.807) is 6.07 Å². The number of para-hydroxylation sites is 2. The minimum Gasteiger partial charge on any atom is -0.495 e. The molecule has 5 rings (SSSR count). The maximum absolute atomic E-state index is 13.1. The standard InChI is InChI=1S/C27H20BrN3O3S/c1-15-17(26-29-21-11-5-6-13-22(21)34-26)10-7-12-20(15)30-27(35)31-25(32)19-14-16-8-3-4-9-18(16)23(28)24(19)33-2/h3-14H,1-2H3,(H2,30,31,32,35). The molecule has 0 fully saturated rings. The van der Waals surface area contributed by atoms with E-state index in [9.17, 15) is 4.79 Å². The second-order valence-electron chi connectivity index (χ2n) is 7.87. The number of nitrogens with one attached hydrogen (secondary N) is 2. The predicted molar refractivity (Wildman–Crippen MR) is 146 cm³/mol. The SMILES string of the molecule is COc1c(C(=O)NC(=S)Nc2cccc(-c3nc4ccccc4o3)c2C)cc2ccccc2c1Br. The highest BCUT2D eigenvalue weighted by Gasteiger charge is 2.20. The van der Waals surface area contributed by atoms with Crippen LogP contribution in [0, 0.1) is 6.92 Å². The number of fused-ring (bicyclic) bond motifs is 2. The van der Waals surface area contributed by atoms with E-state index >= 15 is 0 Å². The zero-order valence-electron chi connectivity index (χ0n) is 18.9. The number of carbonyl (C=O) groups is 1. The lowest BCUT2D eigenvalue weighted by Crippen LogP contribution is -2.34. The number of nitrogens with zero attached hydrogens (tertiary/aromatic N) is 1. The number of hydrogen-bond donors (Lipinski definition) is 2. The van der Waals surface area contributed by atoms with Crippen molar-refractivity contribution >= 4 is 66.7 Å². The topological polar surface area (TPSA) is 76.4 Å². The summed E-state index contributed by atoms with van der Waals surface area (Å²) in [4.78, 5) is 17.7. The molecule has 0 radical (unpaired) electrons. The van der Waals surface area contributed by atoms with Gasteiger partial charge < -0.3 is 14.5 Å². The van der Waals surface area contributed by atoms with E-state index in [1.807, 2.05) is 73.7 Å². The summed E-state index contributed by atoms with van der Waals surface area (Å²) >= 11 is 9.02. The Morgan fingerprint density at radius 2 is 1.83 bits per heavy atom. The Kier molecular flexibility index (Phi) is 6.23. The number of anilines is 1. The molecule has 6 nitrogen and oxygen atoms in total. The lowest BCUT2D eigenvalue weighted by molar-refractivity contribution is 0.0975. The van der Waals surface area contributed by atoms with E-state index in [1.165, 1.54) is 7.11 Å². The van der Waals surface area contributed by atoms with Crippen LogP contribution in [0.1, 0.15) is 15.9 Å². The summed E-state index contributed by atoms with van der Waals surface area (Å²) < 4.78 is 12.2. The number of amides is 1. The molecule has 1 amide bonds. The number of hydrogen-bond acceptors (Lipinski definition) is 5. The Balaban J connectivity index is 1.39. The predicted octanol–water partition coefficient (Wildman–Crippen LogP) is 6.85. The molecular weight excluding hydrogens is 526 g/mol. The molecule has 1 aromatic heterocycles. The first-order chi connectivity index (χ1) is 17.0. The monoisotopic (exact) mass is 545 g/mol. The Hall–Kier alpha value is -3.75. The highest BCUT2D eigenvalue weighted by Crippen LogP contribution is 2.36.